The molecule has 1 saturated carbocycles. The molecule has 1 aromatic heterocycles. The second-order valence-corrected chi connectivity index (χ2v) is 9.08. The van der Waals surface area contributed by atoms with Gasteiger partial charge in [-0.2, -0.15) is 5.10 Å². The molecule has 1 atom stereocenters. The lowest BCUT2D eigenvalue weighted by molar-refractivity contribution is -0.0601. The Morgan fingerprint density at radius 1 is 1.31 bits per heavy atom. The van der Waals surface area contributed by atoms with Crippen LogP contribution in [-0.4, -0.2) is 45.4 Å². The SMILES string of the molecule is Cn1ncc(Cl)c1CC1(C)c2ccccc2C(=O)N1CC1CC2(CNC(=O)O2)C1. The van der Waals surface area contributed by atoms with Gasteiger partial charge in [-0.15, -0.1) is 0 Å². The molecule has 1 saturated heterocycles. The Balaban J connectivity index is 1.44. The molecule has 152 valence electrons. The molecule has 2 aromatic rings. The maximum absolute atomic E-state index is 13.3. The normalized spacial score (nSPS) is 30.3. The van der Waals surface area contributed by atoms with Crippen LogP contribution in [0.15, 0.2) is 30.5 Å². The summed E-state index contributed by atoms with van der Waals surface area (Å²) in [6.07, 6.45) is 3.43. The highest BCUT2D eigenvalue weighted by Crippen LogP contribution is 2.47. The number of nitrogens with zero attached hydrogens (tertiary/aromatic N) is 3. The van der Waals surface area contributed by atoms with Crippen LogP contribution in [0, 0.1) is 5.92 Å². The molecule has 29 heavy (non-hydrogen) atoms. The average Bonchev–Trinajstić information content (AvgIpc) is 3.27. The molecule has 2 amide bonds. The van der Waals surface area contributed by atoms with Crippen LogP contribution in [0.25, 0.3) is 0 Å². The predicted molar refractivity (Wildman–Crippen MR) is 107 cm³/mol. The standard InChI is InChI=1S/C21H23ClN4O3/c1-20(9-17-16(22)10-24-25(17)2)15-6-4-3-5-14(15)18(27)26(20)11-13-7-21(8-13)12-23-19(28)29-21/h3-6,10,13H,7-9,11-12H2,1-2H3,(H,23,28). The van der Waals surface area contributed by atoms with E-state index < -0.39 is 5.54 Å². The molecule has 0 bridgehead atoms. The van der Waals surface area contributed by atoms with Gasteiger partial charge in [0.15, 0.2) is 0 Å². The summed E-state index contributed by atoms with van der Waals surface area (Å²) >= 11 is 6.39. The van der Waals surface area contributed by atoms with E-state index in [0.29, 0.717) is 30.5 Å². The monoisotopic (exact) mass is 414 g/mol. The zero-order valence-electron chi connectivity index (χ0n) is 16.4. The van der Waals surface area contributed by atoms with Crippen molar-refractivity contribution in [2.75, 3.05) is 13.1 Å². The molecular weight excluding hydrogens is 392 g/mol. The van der Waals surface area contributed by atoms with Crippen molar-refractivity contribution in [3.05, 3.63) is 52.3 Å². The van der Waals surface area contributed by atoms with Crippen LogP contribution in [0.5, 0.6) is 0 Å². The van der Waals surface area contributed by atoms with Crippen LogP contribution in [0.4, 0.5) is 4.79 Å². The molecule has 1 aromatic carbocycles. The second-order valence-electron chi connectivity index (χ2n) is 8.68. The molecule has 3 heterocycles. The first-order valence-electron chi connectivity index (χ1n) is 9.86. The van der Waals surface area contributed by atoms with Gasteiger partial charge in [-0.3, -0.25) is 9.48 Å². The van der Waals surface area contributed by atoms with Gasteiger partial charge in [0.2, 0.25) is 0 Å². The van der Waals surface area contributed by atoms with E-state index in [0.717, 1.165) is 29.7 Å². The van der Waals surface area contributed by atoms with Crippen molar-refractivity contribution in [1.82, 2.24) is 20.0 Å². The van der Waals surface area contributed by atoms with E-state index in [-0.39, 0.29) is 17.6 Å². The molecule has 2 aliphatic heterocycles. The van der Waals surface area contributed by atoms with Crippen molar-refractivity contribution in [3.63, 3.8) is 0 Å². The highest BCUT2D eigenvalue weighted by Gasteiger charge is 2.54. The molecule has 2 fully saturated rings. The van der Waals surface area contributed by atoms with E-state index in [1.165, 1.54) is 0 Å². The Kier molecular flexibility index (Phi) is 3.97. The number of aryl methyl sites for hydroxylation is 1. The second kappa shape index (κ2) is 6.23. The van der Waals surface area contributed by atoms with Gasteiger partial charge >= 0.3 is 6.09 Å². The minimum Gasteiger partial charge on any atom is -0.441 e. The number of carbonyl (C=O) groups is 2. The highest BCUT2D eigenvalue weighted by molar-refractivity contribution is 6.31. The zero-order valence-corrected chi connectivity index (χ0v) is 17.2. The van der Waals surface area contributed by atoms with E-state index in [2.05, 4.69) is 17.3 Å². The fourth-order valence-corrected chi connectivity index (χ4v) is 5.43. The zero-order chi connectivity index (χ0) is 20.4. The number of aromatic nitrogens is 2. The molecule has 1 spiro atoms. The minimum absolute atomic E-state index is 0.0453. The Morgan fingerprint density at radius 3 is 2.72 bits per heavy atom. The van der Waals surface area contributed by atoms with Crippen molar-refractivity contribution in [3.8, 4) is 0 Å². The number of ether oxygens (including phenoxy) is 1. The first-order chi connectivity index (χ1) is 13.8. The molecule has 0 radical (unpaired) electrons. The molecule has 1 N–H and O–H groups in total. The average molecular weight is 415 g/mol. The third-order valence-corrected chi connectivity index (χ3v) is 7.04. The summed E-state index contributed by atoms with van der Waals surface area (Å²) in [4.78, 5) is 26.7. The van der Waals surface area contributed by atoms with Crippen molar-refractivity contribution in [2.24, 2.45) is 13.0 Å². The Hall–Kier alpha value is -2.54. The van der Waals surface area contributed by atoms with Crippen LogP contribution in [0.1, 0.15) is 41.4 Å². The fourth-order valence-electron chi connectivity index (χ4n) is 5.20. The maximum Gasteiger partial charge on any atom is 0.407 e. The first kappa shape index (κ1) is 18.5. The van der Waals surface area contributed by atoms with E-state index >= 15 is 0 Å². The third-order valence-electron chi connectivity index (χ3n) is 6.73. The van der Waals surface area contributed by atoms with Crippen molar-refractivity contribution in [2.45, 2.75) is 37.3 Å². The van der Waals surface area contributed by atoms with Crippen molar-refractivity contribution >= 4 is 23.6 Å². The lowest BCUT2D eigenvalue weighted by Gasteiger charge is -2.46. The van der Waals surface area contributed by atoms with E-state index in [1.807, 2.05) is 36.2 Å². The summed E-state index contributed by atoms with van der Waals surface area (Å²) in [5.41, 5.74) is 1.77. The van der Waals surface area contributed by atoms with Crippen LogP contribution in [-0.2, 0) is 23.7 Å². The van der Waals surface area contributed by atoms with Gasteiger partial charge in [-0.1, -0.05) is 29.8 Å². The van der Waals surface area contributed by atoms with Crippen molar-refractivity contribution in [1.29, 1.82) is 0 Å². The van der Waals surface area contributed by atoms with Crippen molar-refractivity contribution < 1.29 is 14.3 Å². The number of alkyl carbamates (subject to hydrolysis) is 1. The Morgan fingerprint density at radius 2 is 2.07 bits per heavy atom. The number of hydrogen-bond donors (Lipinski definition) is 1. The topological polar surface area (TPSA) is 76.5 Å². The summed E-state index contributed by atoms with van der Waals surface area (Å²) in [5.74, 6) is 0.339. The number of fused-ring (bicyclic) bond motifs is 1. The molecule has 8 heteroatoms. The van der Waals surface area contributed by atoms with Crippen LogP contribution in [0.2, 0.25) is 5.02 Å². The number of nitrogens with one attached hydrogen (secondary N) is 1. The van der Waals surface area contributed by atoms with Crippen LogP contribution < -0.4 is 5.32 Å². The lowest BCUT2D eigenvalue weighted by Crippen LogP contribution is -2.54. The number of hydrogen-bond acceptors (Lipinski definition) is 4. The molecular formula is C21H23ClN4O3. The van der Waals surface area contributed by atoms with E-state index in [1.54, 1.807) is 10.9 Å². The van der Waals surface area contributed by atoms with Gasteiger partial charge in [0.1, 0.15) is 5.60 Å². The number of carbonyl (C=O) groups excluding carboxylic acids is 2. The summed E-state index contributed by atoms with van der Waals surface area (Å²) in [6.45, 7) is 3.28. The number of amides is 2. The quantitative estimate of drug-likeness (QED) is 0.834. The van der Waals surface area contributed by atoms with Crippen LogP contribution in [0.3, 0.4) is 0 Å². The van der Waals surface area contributed by atoms with Crippen LogP contribution >= 0.6 is 11.6 Å². The first-order valence-corrected chi connectivity index (χ1v) is 10.2. The number of halogens is 1. The summed E-state index contributed by atoms with van der Waals surface area (Å²) in [7, 11) is 1.87. The van der Waals surface area contributed by atoms with Gasteiger partial charge in [0, 0.05) is 25.6 Å². The smallest absolute Gasteiger partial charge is 0.407 e. The molecule has 3 aliphatic rings. The third kappa shape index (κ3) is 2.74. The molecule has 5 rings (SSSR count). The molecule has 1 aliphatic carbocycles. The van der Waals surface area contributed by atoms with Gasteiger partial charge in [0.05, 0.1) is 29.0 Å². The lowest BCUT2D eigenvalue weighted by atomic mass is 9.70. The maximum atomic E-state index is 13.3. The summed E-state index contributed by atoms with van der Waals surface area (Å²) in [5, 5.41) is 7.61. The van der Waals surface area contributed by atoms with E-state index in [9.17, 15) is 9.59 Å². The Labute approximate surface area is 174 Å². The summed E-state index contributed by atoms with van der Waals surface area (Å²) < 4.78 is 7.23. The van der Waals surface area contributed by atoms with Gasteiger partial charge in [-0.25, -0.2) is 4.79 Å². The van der Waals surface area contributed by atoms with Gasteiger partial charge in [-0.05, 0) is 37.3 Å². The predicted octanol–water partition coefficient (Wildman–Crippen LogP) is 2.88. The van der Waals surface area contributed by atoms with E-state index in [4.69, 9.17) is 16.3 Å². The van der Waals surface area contributed by atoms with Gasteiger partial charge in [0.25, 0.3) is 5.91 Å². The summed E-state index contributed by atoms with van der Waals surface area (Å²) in [6, 6.07) is 7.80. The minimum atomic E-state index is -0.515. The molecule has 7 nitrogen and oxygen atoms in total. The molecule has 1 unspecified atom stereocenters. The number of rotatable bonds is 4. The largest absolute Gasteiger partial charge is 0.441 e. The Bertz CT molecular complexity index is 994. The number of benzene rings is 1. The fraction of sp³-hybridized carbons (Fsp3) is 0.476. The highest BCUT2D eigenvalue weighted by atomic mass is 35.5. The van der Waals surface area contributed by atoms with Gasteiger partial charge < -0.3 is 15.0 Å².